The van der Waals surface area contributed by atoms with Crippen molar-refractivity contribution in [1.82, 2.24) is 0 Å². The zero-order chi connectivity index (χ0) is 15.9. The Morgan fingerprint density at radius 3 is 2.22 bits per heavy atom. The van der Waals surface area contributed by atoms with Crippen LogP contribution >= 0.6 is 12.4 Å². The van der Waals surface area contributed by atoms with Gasteiger partial charge >= 0.3 is 5.97 Å². The molecule has 0 unspecified atom stereocenters. The molecule has 5 N–H and O–H groups in total. The number of carbonyl (C=O) groups is 2. The molecule has 0 aliphatic heterocycles. The van der Waals surface area contributed by atoms with Gasteiger partial charge in [-0.1, -0.05) is 30.3 Å². The summed E-state index contributed by atoms with van der Waals surface area (Å²) in [7, 11) is 0. The van der Waals surface area contributed by atoms with Gasteiger partial charge in [0.1, 0.15) is 6.04 Å². The van der Waals surface area contributed by atoms with E-state index >= 15 is 0 Å². The van der Waals surface area contributed by atoms with Crippen molar-refractivity contribution in [1.29, 1.82) is 0 Å². The molecule has 0 aromatic heterocycles. The maximum atomic E-state index is 11.8. The summed E-state index contributed by atoms with van der Waals surface area (Å²) in [5, 5.41) is 0. The van der Waals surface area contributed by atoms with Crippen LogP contribution in [0.2, 0.25) is 0 Å². The number of nitrogens with two attached hydrogens (primary N) is 2. The van der Waals surface area contributed by atoms with Crippen LogP contribution < -0.4 is 16.9 Å². The van der Waals surface area contributed by atoms with E-state index in [9.17, 15) is 9.59 Å². The molecule has 0 aliphatic rings. The normalized spacial score (nSPS) is 11.0. The van der Waals surface area contributed by atoms with Crippen LogP contribution in [0.4, 0.5) is 5.69 Å². The number of primary amides is 1. The monoisotopic (exact) mass is 335 g/mol. The molecule has 0 spiro atoms. The largest absolute Gasteiger partial charge is 0.366 e. The summed E-state index contributed by atoms with van der Waals surface area (Å²) < 4.78 is 0. The average molecular weight is 336 g/mol. The lowest BCUT2D eigenvalue weighted by molar-refractivity contribution is -0.142. The van der Waals surface area contributed by atoms with Crippen LogP contribution in [0.5, 0.6) is 0 Å². The number of nitrogens with one attached hydrogen (secondary N) is 1. The van der Waals surface area contributed by atoms with E-state index in [4.69, 9.17) is 16.3 Å². The zero-order valence-corrected chi connectivity index (χ0v) is 13.1. The van der Waals surface area contributed by atoms with Gasteiger partial charge in [0.15, 0.2) is 0 Å². The number of carbonyl (C=O) groups excluding carboxylic acids is 2. The van der Waals surface area contributed by atoms with Gasteiger partial charge in [0.25, 0.3) is 0 Å². The molecule has 23 heavy (non-hydrogen) atoms. The molecule has 1 atom stereocenters. The Kier molecular flexibility index (Phi) is 7.05. The molecule has 6 nitrogen and oxygen atoms in total. The van der Waals surface area contributed by atoms with Crippen molar-refractivity contribution in [3.63, 3.8) is 0 Å². The average Bonchev–Trinajstić information content (AvgIpc) is 2.53. The molecule has 0 bridgehead atoms. The van der Waals surface area contributed by atoms with E-state index in [1.807, 2.05) is 30.3 Å². The first kappa shape index (κ1) is 18.5. The van der Waals surface area contributed by atoms with Gasteiger partial charge in [0, 0.05) is 5.56 Å². The number of hydrogen-bond donors (Lipinski definition) is 3. The molecule has 122 valence electrons. The third-order valence-electron chi connectivity index (χ3n) is 3.04. The van der Waals surface area contributed by atoms with Gasteiger partial charge in [-0.15, -0.1) is 12.4 Å². The van der Waals surface area contributed by atoms with Crippen molar-refractivity contribution in [3.05, 3.63) is 65.7 Å². The minimum Gasteiger partial charge on any atom is -0.366 e. The summed E-state index contributed by atoms with van der Waals surface area (Å²) in [6.45, 7) is 0. The van der Waals surface area contributed by atoms with Crippen molar-refractivity contribution in [2.45, 2.75) is 12.5 Å². The molecule has 2 rings (SSSR count). The van der Waals surface area contributed by atoms with Crippen LogP contribution in [0, 0.1) is 0 Å². The van der Waals surface area contributed by atoms with Crippen molar-refractivity contribution in [3.8, 4) is 0 Å². The third kappa shape index (κ3) is 5.61. The summed E-state index contributed by atoms with van der Waals surface area (Å²) in [5.41, 5.74) is 15.3. The van der Waals surface area contributed by atoms with Gasteiger partial charge in [0.2, 0.25) is 5.91 Å². The third-order valence-corrected chi connectivity index (χ3v) is 3.04. The van der Waals surface area contributed by atoms with Crippen LogP contribution in [-0.4, -0.2) is 17.9 Å². The highest BCUT2D eigenvalue weighted by Gasteiger charge is 2.16. The zero-order valence-electron chi connectivity index (χ0n) is 12.3. The molecular weight excluding hydrogens is 318 g/mol. The number of benzene rings is 2. The fourth-order valence-electron chi connectivity index (χ4n) is 1.84. The highest BCUT2D eigenvalue weighted by Crippen LogP contribution is 2.10. The number of rotatable bonds is 6. The number of anilines is 1. The SMILES string of the molecule is Cl.NC(=O)c1ccc(NOC(=O)[C@@H](N)Cc2ccccc2)cc1. The van der Waals surface area contributed by atoms with Crippen LogP contribution in [0.25, 0.3) is 0 Å². The summed E-state index contributed by atoms with van der Waals surface area (Å²) in [5.74, 6) is -1.09. The van der Waals surface area contributed by atoms with Gasteiger partial charge in [-0.05, 0) is 36.2 Å². The Labute approximate surface area is 140 Å². The van der Waals surface area contributed by atoms with E-state index in [-0.39, 0.29) is 12.4 Å². The molecule has 2 aromatic carbocycles. The molecule has 0 radical (unpaired) electrons. The molecule has 1 amide bonds. The second-order valence-corrected chi connectivity index (χ2v) is 4.76. The van der Waals surface area contributed by atoms with Crippen molar-refractivity contribution in [2.75, 3.05) is 5.48 Å². The number of amides is 1. The van der Waals surface area contributed by atoms with Crippen LogP contribution in [0.15, 0.2) is 54.6 Å². The second kappa shape index (κ2) is 8.77. The summed E-state index contributed by atoms with van der Waals surface area (Å²) >= 11 is 0. The molecule has 0 saturated heterocycles. The predicted octanol–water partition coefficient (Wildman–Crippen LogP) is 1.65. The van der Waals surface area contributed by atoms with E-state index in [2.05, 4.69) is 5.48 Å². The van der Waals surface area contributed by atoms with E-state index in [0.29, 0.717) is 17.7 Å². The van der Waals surface area contributed by atoms with E-state index in [0.717, 1.165) is 5.56 Å². The van der Waals surface area contributed by atoms with Crippen molar-refractivity contribution < 1.29 is 14.4 Å². The van der Waals surface area contributed by atoms with Gasteiger partial charge in [0.05, 0.1) is 5.69 Å². The van der Waals surface area contributed by atoms with Gasteiger partial charge < -0.3 is 16.3 Å². The molecular formula is C16H18ClN3O3. The fraction of sp³-hybridized carbons (Fsp3) is 0.125. The minimum absolute atomic E-state index is 0. The van der Waals surface area contributed by atoms with E-state index in [1.165, 1.54) is 12.1 Å². The van der Waals surface area contributed by atoms with Gasteiger partial charge in [-0.2, -0.15) is 0 Å². The van der Waals surface area contributed by atoms with E-state index < -0.39 is 17.9 Å². The molecule has 0 saturated carbocycles. The number of halogens is 1. The molecule has 0 heterocycles. The first-order valence-corrected chi connectivity index (χ1v) is 6.72. The summed E-state index contributed by atoms with van der Waals surface area (Å²) in [6, 6.07) is 14.9. The quantitative estimate of drug-likeness (QED) is 0.696. The summed E-state index contributed by atoms with van der Waals surface area (Å²) in [6.07, 6.45) is 0.391. The number of hydrogen-bond acceptors (Lipinski definition) is 5. The smallest absolute Gasteiger partial charge is 0.348 e. The summed E-state index contributed by atoms with van der Waals surface area (Å²) in [4.78, 5) is 27.7. The van der Waals surface area contributed by atoms with Gasteiger partial charge in [-0.25, -0.2) is 10.3 Å². The molecule has 0 fully saturated rings. The van der Waals surface area contributed by atoms with E-state index in [1.54, 1.807) is 12.1 Å². The highest BCUT2D eigenvalue weighted by atomic mass is 35.5. The van der Waals surface area contributed by atoms with Crippen LogP contribution in [0.3, 0.4) is 0 Å². The maximum Gasteiger partial charge on any atom is 0.348 e. The van der Waals surface area contributed by atoms with Crippen molar-refractivity contribution in [2.24, 2.45) is 11.5 Å². The Bertz CT molecular complexity index is 647. The Balaban J connectivity index is 0.00000264. The Morgan fingerprint density at radius 1 is 1.04 bits per heavy atom. The Morgan fingerprint density at radius 2 is 1.65 bits per heavy atom. The van der Waals surface area contributed by atoms with Crippen molar-refractivity contribution >= 4 is 30.0 Å². The maximum absolute atomic E-state index is 11.8. The van der Waals surface area contributed by atoms with Gasteiger partial charge in [-0.3, -0.25) is 4.79 Å². The predicted molar refractivity (Wildman–Crippen MR) is 90.0 cm³/mol. The fourth-order valence-corrected chi connectivity index (χ4v) is 1.84. The Hall–Kier alpha value is -2.57. The second-order valence-electron chi connectivity index (χ2n) is 4.76. The minimum atomic E-state index is -0.764. The lowest BCUT2D eigenvalue weighted by Gasteiger charge is -2.12. The highest BCUT2D eigenvalue weighted by molar-refractivity contribution is 5.93. The first-order valence-electron chi connectivity index (χ1n) is 6.72. The topological polar surface area (TPSA) is 107 Å². The molecule has 2 aromatic rings. The first-order chi connectivity index (χ1) is 10.6. The molecule has 7 heteroatoms. The van der Waals surface area contributed by atoms with Crippen LogP contribution in [0.1, 0.15) is 15.9 Å². The lowest BCUT2D eigenvalue weighted by atomic mass is 10.1. The standard InChI is InChI=1S/C16H17N3O3.ClH/c17-14(10-11-4-2-1-3-5-11)16(21)22-19-13-8-6-12(7-9-13)15(18)20;/h1-9,14,19H,10,17H2,(H2,18,20);1H/t14-;/m0./s1. The van der Waals surface area contributed by atoms with Crippen LogP contribution in [-0.2, 0) is 16.1 Å². The lowest BCUT2D eigenvalue weighted by Crippen LogP contribution is -2.35. The molecule has 0 aliphatic carbocycles.